The summed E-state index contributed by atoms with van der Waals surface area (Å²) < 4.78 is 11.0. The molecule has 1 atom stereocenters. The number of carbonyl (C=O) groups excluding carboxylic acids is 1. The third kappa shape index (κ3) is 3.63. The van der Waals surface area contributed by atoms with Gasteiger partial charge < -0.3 is 14.2 Å². The number of piperidine rings is 1. The maximum atomic E-state index is 12.5. The van der Waals surface area contributed by atoms with Crippen LogP contribution < -0.4 is 4.74 Å². The average molecular weight is 377 g/mol. The second kappa shape index (κ2) is 7.84. The highest BCUT2D eigenvalue weighted by Gasteiger charge is 2.31. The Labute approximate surface area is 164 Å². The number of hydrogen-bond donors (Lipinski definition) is 0. The number of hydrogen-bond acceptors (Lipinski definition) is 5. The molecular formula is C22H23N3O3. The predicted molar refractivity (Wildman–Crippen MR) is 105 cm³/mol. The lowest BCUT2D eigenvalue weighted by Crippen LogP contribution is -2.38. The minimum atomic E-state index is 0.0395. The maximum absolute atomic E-state index is 12.5. The molecule has 6 heteroatoms. The first-order chi connectivity index (χ1) is 13.7. The van der Waals surface area contributed by atoms with Gasteiger partial charge in [0.2, 0.25) is 17.6 Å². The molecule has 2 heterocycles. The first-order valence-electron chi connectivity index (χ1n) is 9.45. The molecule has 3 aromatic rings. The van der Waals surface area contributed by atoms with E-state index in [1.54, 1.807) is 7.11 Å². The van der Waals surface area contributed by atoms with Gasteiger partial charge in [0, 0.05) is 30.6 Å². The van der Waals surface area contributed by atoms with Gasteiger partial charge in [-0.3, -0.25) is 4.79 Å². The lowest BCUT2D eigenvalue weighted by Gasteiger charge is -2.31. The first-order valence-corrected chi connectivity index (χ1v) is 9.45. The van der Waals surface area contributed by atoms with Crippen LogP contribution in [0.2, 0.25) is 0 Å². The van der Waals surface area contributed by atoms with Crippen LogP contribution in [0.1, 0.15) is 35.8 Å². The van der Waals surface area contributed by atoms with Crippen LogP contribution in [-0.2, 0) is 11.3 Å². The number of aromatic nitrogens is 2. The molecule has 0 N–H and O–H groups in total. The molecule has 1 aliphatic heterocycles. The van der Waals surface area contributed by atoms with Gasteiger partial charge in [-0.1, -0.05) is 47.6 Å². The fourth-order valence-electron chi connectivity index (χ4n) is 3.64. The van der Waals surface area contributed by atoms with Crippen molar-refractivity contribution in [1.29, 1.82) is 0 Å². The SMILES string of the molecule is COc1ccccc1CN1C[C@H](c2nc(-c3ccccc3C)no2)CCC1=O. The van der Waals surface area contributed by atoms with E-state index in [0.29, 0.717) is 31.2 Å². The predicted octanol–water partition coefficient (Wildman–Crippen LogP) is 3.96. The van der Waals surface area contributed by atoms with Crippen LogP contribution >= 0.6 is 0 Å². The zero-order valence-electron chi connectivity index (χ0n) is 16.1. The number of aryl methyl sites for hydroxylation is 1. The van der Waals surface area contributed by atoms with E-state index in [9.17, 15) is 4.79 Å². The molecule has 1 fully saturated rings. The molecule has 1 aliphatic rings. The highest BCUT2D eigenvalue weighted by atomic mass is 16.5. The van der Waals surface area contributed by atoms with E-state index in [1.807, 2.05) is 60.4 Å². The van der Waals surface area contributed by atoms with Crippen LogP contribution in [-0.4, -0.2) is 34.6 Å². The van der Waals surface area contributed by atoms with Crippen molar-refractivity contribution in [2.75, 3.05) is 13.7 Å². The number of ether oxygens (including phenoxy) is 1. The normalized spacial score (nSPS) is 17.0. The van der Waals surface area contributed by atoms with Crippen LogP contribution in [0.5, 0.6) is 5.75 Å². The van der Waals surface area contributed by atoms with Crippen molar-refractivity contribution >= 4 is 5.91 Å². The molecule has 2 aromatic carbocycles. The van der Waals surface area contributed by atoms with Crippen molar-refractivity contribution in [3.8, 4) is 17.1 Å². The van der Waals surface area contributed by atoms with Crippen molar-refractivity contribution in [1.82, 2.24) is 15.0 Å². The number of para-hydroxylation sites is 1. The topological polar surface area (TPSA) is 68.5 Å². The number of carbonyl (C=O) groups is 1. The van der Waals surface area contributed by atoms with Gasteiger partial charge in [-0.05, 0) is 25.0 Å². The summed E-state index contributed by atoms with van der Waals surface area (Å²) in [6, 6.07) is 15.7. The van der Waals surface area contributed by atoms with Crippen molar-refractivity contribution in [2.45, 2.75) is 32.2 Å². The van der Waals surface area contributed by atoms with Gasteiger partial charge >= 0.3 is 0 Å². The smallest absolute Gasteiger partial charge is 0.231 e. The zero-order valence-corrected chi connectivity index (χ0v) is 16.1. The molecule has 144 valence electrons. The molecule has 0 radical (unpaired) electrons. The molecule has 6 nitrogen and oxygen atoms in total. The quantitative estimate of drug-likeness (QED) is 0.673. The van der Waals surface area contributed by atoms with Gasteiger partial charge in [0.1, 0.15) is 5.75 Å². The summed E-state index contributed by atoms with van der Waals surface area (Å²) in [7, 11) is 1.64. The molecular weight excluding hydrogens is 354 g/mol. The molecule has 0 aliphatic carbocycles. The highest BCUT2D eigenvalue weighted by Crippen LogP contribution is 2.30. The number of benzene rings is 2. The third-order valence-corrected chi connectivity index (χ3v) is 5.23. The Morgan fingerprint density at radius 3 is 2.79 bits per heavy atom. The number of nitrogens with zero attached hydrogens (tertiary/aromatic N) is 3. The van der Waals surface area contributed by atoms with Gasteiger partial charge in [-0.2, -0.15) is 4.98 Å². The van der Waals surface area contributed by atoms with Gasteiger partial charge in [0.05, 0.1) is 13.0 Å². The maximum Gasteiger partial charge on any atom is 0.231 e. The summed E-state index contributed by atoms with van der Waals surface area (Å²) in [6.45, 7) is 3.10. The Bertz CT molecular complexity index is 982. The monoisotopic (exact) mass is 377 g/mol. The van der Waals surface area contributed by atoms with E-state index in [4.69, 9.17) is 9.26 Å². The standard InChI is InChI=1S/C22H23N3O3/c1-15-7-3-5-9-18(15)21-23-22(28-24-21)17-11-12-20(26)25(14-17)13-16-8-4-6-10-19(16)27-2/h3-10,17H,11-14H2,1-2H3/t17-/m1/s1. The summed E-state index contributed by atoms with van der Waals surface area (Å²) in [5.41, 5.74) is 3.06. The summed E-state index contributed by atoms with van der Waals surface area (Å²) >= 11 is 0. The number of rotatable bonds is 5. The minimum Gasteiger partial charge on any atom is -0.496 e. The number of methoxy groups -OCH3 is 1. The highest BCUT2D eigenvalue weighted by molar-refractivity contribution is 5.77. The van der Waals surface area contributed by atoms with Crippen LogP contribution in [0, 0.1) is 6.92 Å². The molecule has 0 unspecified atom stereocenters. The lowest BCUT2D eigenvalue weighted by molar-refractivity contribution is -0.134. The second-order valence-electron chi connectivity index (χ2n) is 7.09. The summed E-state index contributed by atoms with van der Waals surface area (Å²) in [5.74, 6) is 2.16. The molecule has 0 spiro atoms. The molecule has 1 amide bonds. The van der Waals surface area contributed by atoms with Crippen molar-refractivity contribution in [3.05, 3.63) is 65.5 Å². The van der Waals surface area contributed by atoms with E-state index in [0.717, 1.165) is 28.9 Å². The second-order valence-corrected chi connectivity index (χ2v) is 7.09. The van der Waals surface area contributed by atoms with E-state index in [-0.39, 0.29) is 11.8 Å². The molecule has 28 heavy (non-hydrogen) atoms. The van der Waals surface area contributed by atoms with Crippen LogP contribution in [0.4, 0.5) is 0 Å². The van der Waals surface area contributed by atoms with Crippen LogP contribution in [0.25, 0.3) is 11.4 Å². The van der Waals surface area contributed by atoms with E-state index in [2.05, 4.69) is 10.1 Å². The number of likely N-dealkylation sites (tertiary alicyclic amines) is 1. The minimum absolute atomic E-state index is 0.0395. The lowest BCUT2D eigenvalue weighted by atomic mass is 9.96. The Morgan fingerprint density at radius 1 is 1.18 bits per heavy atom. The summed E-state index contributed by atoms with van der Waals surface area (Å²) in [5, 5.41) is 4.17. The average Bonchev–Trinajstić information content (AvgIpc) is 3.20. The van der Waals surface area contributed by atoms with Crippen molar-refractivity contribution in [3.63, 3.8) is 0 Å². The Balaban J connectivity index is 1.52. The summed E-state index contributed by atoms with van der Waals surface area (Å²) in [6.07, 6.45) is 1.19. The van der Waals surface area contributed by atoms with Gasteiger partial charge in [-0.25, -0.2) is 0 Å². The molecule has 0 saturated carbocycles. The Kier molecular flexibility index (Phi) is 5.10. The number of amides is 1. The van der Waals surface area contributed by atoms with E-state index >= 15 is 0 Å². The van der Waals surface area contributed by atoms with Crippen LogP contribution in [0.3, 0.4) is 0 Å². The van der Waals surface area contributed by atoms with E-state index < -0.39 is 0 Å². The summed E-state index contributed by atoms with van der Waals surface area (Å²) in [4.78, 5) is 18.9. The van der Waals surface area contributed by atoms with Gasteiger partial charge in [-0.15, -0.1) is 0 Å². The molecule has 1 saturated heterocycles. The molecule has 0 bridgehead atoms. The first kappa shape index (κ1) is 18.2. The fraction of sp³-hybridized carbons (Fsp3) is 0.318. The third-order valence-electron chi connectivity index (χ3n) is 5.23. The van der Waals surface area contributed by atoms with Crippen LogP contribution in [0.15, 0.2) is 53.1 Å². The fourth-order valence-corrected chi connectivity index (χ4v) is 3.64. The molecule has 4 rings (SSSR count). The van der Waals surface area contributed by atoms with Gasteiger partial charge in [0.25, 0.3) is 0 Å². The Morgan fingerprint density at radius 2 is 1.96 bits per heavy atom. The van der Waals surface area contributed by atoms with E-state index in [1.165, 1.54) is 0 Å². The van der Waals surface area contributed by atoms with Crippen molar-refractivity contribution < 1.29 is 14.1 Å². The zero-order chi connectivity index (χ0) is 19.5. The van der Waals surface area contributed by atoms with Gasteiger partial charge in [0.15, 0.2) is 0 Å². The molecule has 1 aromatic heterocycles. The van der Waals surface area contributed by atoms with Crippen molar-refractivity contribution in [2.24, 2.45) is 0 Å². The Hall–Kier alpha value is -3.15. The largest absolute Gasteiger partial charge is 0.496 e.